The number of nitrogens with one attached hydrogen (secondary N) is 1. The van der Waals surface area contributed by atoms with E-state index in [4.69, 9.17) is 27.2 Å². The molecule has 0 aliphatic heterocycles. The maximum atomic E-state index is 11.8. The average molecular weight is 417 g/mol. The van der Waals surface area contributed by atoms with Gasteiger partial charge in [0.05, 0.1) is 25.1 Å². The average Bonchev–Trinajstić information content (AvgIpc) is 3.35. The Morgan fingerprint density at radius 1 is 1.32 bits per heavy atom. The second kappa shape index (κ2) is 9.88. The number of hydrogen-bond acceptors (Lipinski definition) is 6. The number of terminal acetylenes is 1. The quantitative estimate of drug-likeness (QED) is 0.426. The lowest BCUT2D eigenvalue weighted by atomic mass is 10.3. The molecule has 0 aliphatic carbocycles. The highest BCUT2D eigenvalue weighted by Gasteiger charge is 2.16. The minimum atomic E-state index is -0.172. The van der Waals surface area contributed by atoms with Crippen molar-refractivity contribution in [2.75, 3.05) is 12.3 Å². The van der Waals surface area contributed by atoms with Crippen LogP contribution in [0.2, 0.25) is 5.02 Å². The molecule has 1 amide bonds. The Morgan fingerprint density at radius 2 is 2.14 bits per heavy atom. The topological polar surface area (TPSA) is 82.2 Å². The minimum absolute atomic E-state index is 0.172. The first-order chi connectivity index (χ1) is 13.7. The van der Waals surface area contributed by atoms with Crippen LogP contribution in [0.4, 0.5) is 0 Å². The second-order valence-corrected chi connectivity index (χ2v) is 6.96. The molecule has 0 aliphatic rings. The summed E-state index contributed by atoms with van der Waals surface area (Å²) < 4.78 is 13.1. The van der Waals surface area contributed by atoms with E-state index in [9.17, 15) is 4.79 Å². The van der Waals surface area contributed by atoms with E-state index in [0.717, 1.165) is 5.76 Å². The number of thioether (sulfide) groups is 1. The Balaban J connectivity index is 1.71. The van der Waals surface area contributed by atoms with Gasteiger partial charge in [-0.15, -0.1) is 16.6 Å². The summed E-state index contributed by atoms with van der Waals surface area (Å²) >= 11 is 7.16. The molecule has 28 heavy (non-hydrogen) atoms. The summed E-state index contributed by atoms with van der Waals surface area (Å²) in [4.78, 5) is 11.8. The second-order valence-electron chi connectivity index (χ2n) is 5.58. The van der Waals surface area contributed by atoms with Crippen LogP contribution in [0.3, 0.4) is 0 Å². The van der Waals surface area contributed by atoms with Crippen molar-refractivity contribution in [2.24, 2.45) is 0 Å². The van der Waals surface area contributed by atoms with Gasteiger partial charge in [-0.1, -0.05) is 29.3 Å². The van der Waals surface area contributed by atoms with E-state index in [1.807, 2.05) is 16.7 Å². The molecule has 144 valence electrons. The third kappa shape index (κ3) is 5.55. The summed E-state index contributed by atoms with van der Waals surface area (Å²) in [6.07, 6.45) is 6.75. The summed E-state index contributed by atoms with van der Waals surface area (Å²) in [7, 11) is 0. The number of halogens is 1. The summed E-state index contributed by atoms with van der Waals surface area (Å²) in [6.45, 7) is 0.825. The molecular weight excluding hydrogens is 400 g/mol. The van der Waals surface area contributed by atoms with Gasteiger partial charge in [0.1, 0.15) is 18.1 Å². The van der Waals surface area contributed by atoms with Crippen molar-refractivity contribution < 1.29 is 13.9 Å². The van der Waals surface area contributed by atoms with Crippen molar-refractivity contribution in [3.63, 3.8) is 0 Å². The number of furan rings is 1. The van der Waals surface area contributed by atoms with Crippen LogP contribution < -0.4 is 10.1 Å². The molecule has 0 fully saturated rings. The van der Waals surface area contributed by atoms with E-state index in [1.165, 1.54) is 11.8 Å². The Kier molecular flexibility index (Phi) is 7.00. The highest BCUT2D eigenvalue weighted by Crippen LogP contribution is 2.21. The molecule has 7 nitrogen and oxygen atoms in total. The minimum Gasteiger partial charge on any atom is -0.486 e. The summed E-state index contributed by atoms with van der Waals surface area (Å²) in [5.74, 6) is 4.39. The molecular formula is C19H17ClN4O3S. The van der Waals surface area contributed by atoms with E-state index < -0.39 is 0 Å². The van der Waals surface area contributed by atoms with Crippen molar-refractivity contribution in [1.29, 1.82) is 0 Å². The molecule has 3 aromatic rings. The van der Waals surface area contributed by atoms with Gasteiger partial charge in [0.2, 0.25) is 5.91 Å². The number of benzene rings is 1. The lowest BCUT2D eigenvalue weighted by molar-refractivity contribution is -0.118. The summed E-state index contributed by atoms with van der Waals surface area (Å²) in [5, 5.41) is 12.2. The van der Waals surface area contributed by atoms with E-state index in [2.05, 4.69) is 21.4 Å². The molecule has 9 heteroatoms. The predicted octanol–water partition coefficient (Wildman–Crippen LogP) is 2.99. The number of amides is 1. The first-order valence-corrected chi connectivity index (χ1v) is 9.68. The van der Waals surface area contributed by atoms with Crippen molar-refractivity contribution >= 4 is 29.3 Å². The van der Waals surface area contributed by atoms with Gasteiger partial charge in [0.25, 0.3) is 0 Å². The number of ether oxygens (including phenoxy) is 1. The molecule has 1 aromatic carbocycles. The number of carbonyl (C=O) groups is 1. The van der Waals surface area contributed by atoms with Crippen molar-refractivity contribution in [3.8, 4) is 18.1 Å². The fraction of sp³-hybridized carbons (Fsp3) is 0.211. The molecule has 0 saturated heterocycles. The summed E-state index contributed by atoms with van der Waals surface area (Å²) in [5.41, 5.74) is 0. The fourth-order valence-electron chi connectivity index (χ4n) is 2.26. The molecule has 0 unspecified atom stereocenters. The smallest absolute Gasteiger partial charge is 0.231 e. The SMILES string of the molecule is C#CCNC(=O)CSc1nnc(COc2ccc(Cl)cc2)n1Cc1ccco1. The van der Waals surface area contributed by atoms with Gasteiger partial charge >= 0.3 is 0 Å². The third-order valence-corrected chi connectivity index (χ3v) is 4.81. The zero-order chi connectivity index (χ0) is 19.8. The van der Waals surface area contributed by atoms with Gasteiger partial charge in [0.15, 0.2) is 11.0 Å². The first-order valence-electron chi connectivity index (χ1n) is 8.31. The molecule has 2 aromatic heterocycles. The van der Waals surface area contributed by atoms with Crippen LogP contribution in [0.5, 0.6) is 5.75 Å². The highest BCUT2D eigenvalue weighted by atomic mass is 35.5. The van der Waals surface area contributed by atoms with Gasteiger partial charge in [-0.05, 0) is 36.4 Å². The molecule has 0 radical (unpaired) electrons. The summed E-state index contributed by atoms with van der Waals surface area (Å²) in [6, 6.07) is 10.7. The largest absolute Gasteiger partial charge is 0.486 e. The first kappa shape index (κ1) is 19.9. The normalized spacial score (nSPS) is 10.4. The van der Waals surface area contributed by atoms with Gasteiger partial charge in [-0.2, -0.15) is 0 Å². The lowest BCUT2D eigenvalue weighted by Crippen LogP contribution is -2.25. The van der Waals surface area contributed by atoms with E-state index >= 15 is 0 Å². The third-order valence-electron chi connectivity index (χ3n) is 3.59. The maximum absolute atomic E-state index is 11.8. The van der Waals surface area contributed by atoms with Crippen LogP contribution in [0.15, 0.2) is 52.2 Å². The molecule has 1 N–H and O–H groups in total. The Bertz CT molecular complexity index is 949. The van der Waals surface area contributed by atoms with E-state index in [0.29, 0.717) is 28.3 Å². The molecule has 3 rings (SSSR count). The van der Waals surface area contributed by atoms with Crippen molar-refractivity contribution in [2.45, 2.75) is 18.3 Å². The zero-order valence-corrected chi connectivity index (χ0v) is 16.4. The van der Waals surface area contributed by atoms with Crippen molar-refractivity contribution in [1.82, 2.24) is 20.1 Å². The van der Waals surface area contributed by atoms with Crippen LogP contribution in [0, 0.1) is 12.3 Å². The monoisotopic (exact) mass is 416 g/mol. The number of carbonyl (C=O) groups excluding carboxylic acids is 1. The standard InChI is InChI=1S/C19H17ClN4O3S/c1-2-9-21-18(25)13-28-19-23-22-17(24(19)11-16-4-3-10-26-16)12-27-15-7-5-14(20)6-8-15/h1,3-8,10H,9,11-13H2,(H,21,25). The van der Waals surface area contributed by atoms with Crippen LogP contribution in [0.25, 0.3) is 0 Å². The van der Waals surface area contributed by atoms with Gasteiger partial charge in [-0.3, -0.25) is 9.36 Å². The lowest BCUT2D eigenvalue weighted by Gasteiger charge is -2.10. The molecule has 0 bridgehead atoms. The Morgan fingerprint density at radius 3 is 2.86 bits per heavy atom. The van der Waals surface area contributed by atoms with Gasteiger partial charge < -0.3 is 14.5 Å². The van der Waals surface area contributed by atoms with E-state index in [-0.39, 0.29) is 24.8 Å². The predicted molar refractivity (Wildman–Crippen MR) is 106 cm³/mol. The van der Waals surface area contributed by atoms with Crippen LogP contribution in [0.1, 0.15) is 11.6 Å². The fourth-order valence-corrected chi connectivity index (χ4v) is 3.17. The number of hydrogen-bond donors (Lipinski definition) is 1. The van der Waals surface area contributed by atoms with Crippen LogP contribution in [-0.2, 0) is 17.9 Å². The van der Waals surface area contributed by atoms with Gasteiger partial charge in [0, 0.05) is 5.02 Å². The highest BCUT2D eigenvalue weighted by molar-refractivity contribution is 7.99. The Labute approximate surface area is 171 Å². The van der Waals surface area contributed by atoms with Crippen LogP contribution >= 0.6 is 23.4 Å². The Hall–Kier alpha value is -2.89. The molecule has 0 spiro atoms. The van der Waals surface area contributed by atoms with E-state index in [1.54, 1.807) is 30.5 Å². The number of nitrogens with zero attached hydrogens (tertiary/aromatic N) is 3. The zero-order valence-electron chi connectivity index (χ0n) is 14.8. The van der Waals surface area contributed by atoms with Crippen LogP contribution in [-0.4, -0.2) is 33.0 Å². The number of rotatable bonds is 9. The van der Waals surface area contributed by atoms with Crippen molar-refractivity contribution in [3.05, 3.63) is 59.3 Å². The molecule has 0 atom stereocenters. The molecule has 2 heterocycles. The molecule has 0 saturated carbocycles. The number of aromatic nitrogens is 3. The van der Waals surface area contributed by atoms with Gasteiger partial charge in [-0.25, -0.2) is 0 Å². The maximum Gasteiger partial charge on any atom is 0.231 e.